The lowest BCUT2D eigenvalue weighted by atomic mass is 10.2. The number of aromatic nitrogens is 4. The molecule has 0 bridgehead atoms. The second kappa shape index (κ2) is 5.92. The molecule has 7 heteroatoms. The van der Waals surface area contributed by atoms with Gasteiger partial charge in [0.15, 0.2) is 0 Å². The topological polar surface area (TPSA) is 90.7 Å². The Kier molecular flexibility index (Phi) is 4.27. The van der Waals surface area contributed by atoms with Gasteiger partial charge in [0.2, 0.25) is 17.5 Å². The Bertz CT molecular complexity index is 498. The van der Waals surface area contributed by atoms with Crippen molar-refractivity contribution in [2.45, 2.75) is 19.4 Å². The van der Waals surface area contributed by atoms with Crippen molar-refractivity contribution in [3.8, 4) is 11.6 Å². The lowest BCUT2D eigenvalue weighted by molar-refractivity contribution is 0.353. The summed E-state index contributed by atoms with van der Waals surface area (Å²) in [6.45, 7) is 1.92. The van der Waals surface area contributed by atoms with Crippen LogP contribution in [0.1, 0.15) is 23.9 Å². The molecule has 0 spiro atoms. The molecular weight excluding hydrogens is 250 g/mol. The molecule has 2 rings (SSSR count). The third kappa shape index (κ3) is 3.05. The van der Waals surface area contributed by atoms with Crippen LogP contribution in [0.2, 0.25) is 0 Å². The van der Waals surface area contributed by atoms with E-state index in [4.69, 9.17) is 10.3 Å². The second-order valence-electron chi connectivity index (χ2n) is 3.93. The SMILES string of the molecule is CSCC[C@H](N)c1nc(-c2ncc(C)cn2)no1. The van der Waals surface area contributed by atoms with Crippen molar-refractivity contribution >= 4 is 11.8 Å². The van der Waals surface area contributed by atoms with Crippen LogP contribution in [0, 0.1) is 6.92 Å². The van der Waals surface area contributed by atoms with Crippen molar-refractivity contribution in [3.63, 3.8) is 0 Å². The number of rotatable bonds is 5. The summed E-state index contributed by atoms with van der Waals surface area (Å²) in [6, 6.07) is -0.232. The molecule has 18 heavy (non-hydrogen) atoms. The van der Waals surface area contributed by atoms with Crippen LogP contribution in [0.4, 0.5) is 0 Å². The van der Waals surface area contributed by atoms with Gasteiger partial charge in [-0.25, -0.2) is 9.97 Å². The second-order valence-corrected chi connectivity index (χ2v) is 4.91. The van der Waals surface area contributed by atoms with Crippen LogP contribution in [-0.4, -0.2) is 32.1 Å². The third-order valence-electron chi connectivity index (χ3n) is 2.37. The molecular formula is C11H15N5OS. The van der Waals surface area contributed by atoms with E-state index >= 15 is 0 Å². The van der Waals surface area contributed by atoms with Gasteiger partial charge in [-0.15, -0.1) is 0 Å². The fourth-order valence-electron chi connectivity index (χ4n) is 1.35. The van der Waals surface area contributed by atoms with Gasteiger partial charge in [0, 0.05) is 12.4 Å². The van der Waals surface area contributed by atoms with Gasteiger partial charge in [0.25, 0.3) is 0 Å². The maximum atomic E-state index is 5.95. The fourth-order valence-corrected chi connectivity index (χ4v) is 1.84. The first-order valence-electron chi connectivity index (χ1n) is 5.58. The monoisotopic (exact) mass is 265 g/mol. The van der Waals surface area contributed by atoms with E-state index in [1.165, 1.54) is 0 Å². The summed E-state index contributed by atoms with van der Waals surface area (Å²) in [6.07, 6.45) is 6.27. The summed E-state index contributed by atoms with van der Waals surface area (Å²) in [5, 5.41) is 3.85. The minimum atomic E-state index is -0.232. The maximum absolute atomic E-state index is 5.95. The van der Waals surface area contributed by atoms with Crippen LogP contribution in [0.25, 0.3) is 11.6 Å². The average molecular weight is 265 g/mol. The van der Waals surface area contributed by atoms with Gasteiger partial charge in [-0.3, -0.25) is 0 Å². The quantitative estimate of drug-likeness (QED) is 0.877. The van der Waals surface area contributed by atoms with Gasteiger partial charge < -0.3 is 10.3 Å². The Morgan fingerprint density at radius 3 is 2.72 bits per heavy atom. The average Bonchev–Trinajstić information content (AvgIpc) is 2.86. The molecule has 1 atom stereocenters. The molecule has 0 fully saturated rings. The van der Waals surface area contributed by atoms with Gasteiger partial charge in [0.1, 0.15) is 0 Å². The van der Waals surface area contributed by atoms with Crippen molar-refractivity contribution < 1.29 is 4.52 Å². The molecule has 0 saturated heterocycles. The van der Waals surface area contributed by atoms with Crippen molar-refractivity contribution in [3.05, 3.63) is 23.8 Å². The Labute approximate surface area is 109 Å². The Morgan fingerprint density at radius 1 is 1.33 bits per heavy atom. The fraction of sp³-hybridized carbons (Fsp3) is 0.455. The summed E-state index contributed by atoms with van der Waals surface area (Å²) in [7, 11) is 0. The summed E-state index contributed by atoms with van der Waals surface area (Å²) >= 11 is 1.73. The highest BCUT2D eigenvalue weighted by molar-refractivity contribution is 7.98. The normalized spacial score (nSPS) is 12.6. The van der Waals surface area contributed by atoms with Crippen molar-refractivity contribution in [2.75, 3.05) is 12.0 Å². The molecule has 96 valence electrons. The first kappa shape index (κ1) is 13.0. The molecule has 2 aromatic rings. The maximum Gasteiger partial charge on any atom is 0.244 e. The van der Waals surface area contributed by atoms with Crippen LogP contribution >= 0.6 is 11.8 Å². The zero-order valence-corrected chi connectivity index (χ0v) is 11.1. The summed E-state index contributed by atoms with van der Waals surface area (Å²) < 4.78 is 5.13. The Balaban J connectivity index is 2.12. The third-order valence-corrected chi connectivity index (χ3v) is 3.02. The number of nitrogens with two attached hydrogens (primary N) is 1. The molecule has 0 radical (unpaired) electrons. The summed E-state index contributed by atoms with van der Waals surface area (Å²) in [4.78, 5) is 12.5. The molecule has 0 amide bonds. The molecule has 0 aliphatic heterocycles. The molecule has 6 nitrogen and oxygen atoms in total. The molecule has 0 unspecified atom stereocenters. The van der Waals surface area contributed by atoms with Crippen molar-refractivity contribution in [1.29, 1.82) is 0 Å². The minimum Gasteiger partial charge on any atom is -0.337 e. The van der Waals surface area contributed by atoms with Crippen LogP contribution in [0.3, 0.4) is 0 Å². The van der Waals surface area contributed by atoms with E-state index in [0.717, 1.165) is 17.7 Å². The van der Waals surface area contributed by atoms with Crippen molar-refractivity contribution in [2.24, 2.45) is 5.73 Å². The smallest absolute Gasteiger partial charge is 0.244 e. The van der Waals surface area contributed by atoms with Crippen LogP contribution in [0.15, 0.2) is 16.9 Å². The lowest BCUT2D eigenvalue weighted by Gasteiger charge is -2.03. The summed E-state index contributed by atoms with van der Waals surface area (Å²) in [5.41, 5.74) is 6.93. The van der Waals surface area contributed by atoms with Crippen molar-refractivity contribution in [1.82, 2.24) is 20.1 Å². The number of hydrogen-bond donors (Lipinski definition) is 1. The number of thioether (sulfide) groups is 1. The summed E-state index contributed by atoms with van der Waals surface area (Å²) in [5.74, 6) is 2.22. The lowest BCUT2D eigenvalue weighted by Crippen LogP contribution is -2.11. The molecule has 2 aromatic heterocycles. The predicted octanol–water partition coefficient (Wildman–Crippen LogP) is 1.59. The van der Waals surface area contributed by atoms with Crippen LogP contribution < -0.4 is 5.73 Å². The van der Waals surface area contributed by atoms with E-state index in [1.54, 1.807) is 24.2 Å². The predicted molar refractivity (Wildman–Crippen MR) is 70.0 cm³/mol. The van der Waals surface area contributed by atoms with Crippen LogP contribution in [0.5, 0.6) is 0 Å². The molecule has 0 aromatic carbocycles. The van der Waals surface area contributed by atoms with Gasteiger partial charge in [-0.2, -0.15) is 16.7 Å². The highest BCUT2D eigenvalue weighted by Crippen LogP contribution is 2.17. The van der Waals surface area contributed by atoms with E-state index in [9.17, 15) is 0 Å². The van der Waals surface area contributed by atoms with Gasteiger partial charge in [-0.05, 0) is 30.9 Å². The van der Waals surface area contributed by atoms with E-state index < -0.39 is 0 Å². The highest BCUT2D eigenvalue weighted by Gasteiger charge is 2.16. The van der Waals surface area contributed by atoms with Gasteiger partial charge in [-0.1, -0.05) is 5.16 Å². The van der Waals surface area contributed by atoms with Gasteiger partial charge in [0.05, 0.1) is 6.04 Å². The van der Waals surface area contributed by atoms with Gasteiger partial charge >= 0.3 is 0 Å². The number of nitrogens with zero attached hydrogens (tertiary/aromatic N) is 4. The minimum absolute atomic E-state index is 0.232. The zero-order valence-electron chi connectivity index (χ0n) is 10.3. The first-order chi connectivity index (χ1) is 8.70. The van der Waals surface area contributed by atoms with E-state index in [-0.39, 0.29) is 6.04 Å². The van der Waals surface area contributed by atoms with E-state index in [1.807, 2.05) is 13.2 Å². The molecule has 0 aliphatic carbocycles. The molecule has 0 saturated carbocycles. The highest BCUT2D eigenvalue weighted by atomic mass is 32.2. The Morgan fingerprint density at radius 2 is 2.06 bits per heavy atom. The van der Waals surface area contributed by atoms with Crippen LogP contribution in [-0.2, 0) is 0 Å². The largest absolute Gasteiger partial charge is 0.337 e. The standard InChI is InChI=1S/C11H15N5OS/c1-7-5-13-9(14-6-7)10-15-11(17-16-10)8(12)3-4-18-2/h5-6,8H,3-4,12H2,1-2H3/t8-/m0/s1. The number of aryl methyl sites for hydroxylation is 1. The Hall–Kier alpha value is -1.47. The first-order valence-corrected chi connectivity index (χ1v) is 6.97. The zero-order chi connectivity index (χ0) is 13.0. The molecule has 2 N–H and O–H groups in total. The molecule has 0 aliphatic rings. The number of hydrogen-bond acceptors (Lipinski definition) is 7. The molecule has 2 heterocycles. The van der Waals surface area contributed by atoms with E-state index in [0.29, 0.717) is 17.5 Å². The van der Waals surface area contributed by atoms with E-state index in [2.05, 4.69) is 20.1 Å².